The van der Waals surface area contributed by atoms with Crippen LogP contribution in [0.1, 0.15) is 162 Å². The van der Waals surface area contributed by atoms with Crippen LogP contribution in [0, 0.1) is 0 Å². The summed E-state index contributed by atoms with van der Waals surface area (Å²) in [5.74, 6) is -0.864. The molecule has 51 heavy (non-hydrogen) atoms. The zero-order valence-electron chi connectivity index (χ0n) is 33.3. The zero-order valence-corrected chi connectivity index (χ0v) is 34.2. The predicted molar refractivity (Wildman–Crippen MR) is 208 cm³/mol. The normalized spacial score (nSPS) is 14.1. The summed E-state index contributed by atoms with van der Waals surface area (Å²) in [6, 6.07) is 0. The Hall–Kier alpha value is -1.77. The first kappa shape index (κ1) is 49.2. The number of allylic oxidation sites excluding steroid dienone is 6. The lowest BCUT2D eigenvalue weighted by atomic mass is 10.1. The highest BCUT2D eigenvalue weighted by molar-refractivity contribution is 7.45. The van der Waals surface area contributed by atoms with Crippen LogP contribution < -0.4 is 4.89 Å². The van der Waals surface area contributed by atoms with Crippen molar-refractivity contribution in [2.45, 2.75) is 168 Å². The van der Waals surface area contributed by atoms with Crippen molar-refractivity contribution in [3.05, 3.63) is 36.5 Å². The molecule has 0 heterocycles. The average molecular weight is 742 g/mol. The number of likely N-dealkylation sites (N-methyl/N-ethyl adjacent to an activating group) is 1. The molecule has 0 aliphatic rings. The fraction of sp³-hybridized carbons (Fsp3) is 0.805. The molecule has 298 valence electrons. The van der Waals surface area contributed by atoms with Crippen molar-refractivity contribution < 1.29 is 42.1 Å². The van der Waals surface area contributed by atoms with E-state index in [1.807, 2.05) is 21.1 Å². The minimum absolute atomic E-state index is 0.0354. The Morgan fingerprint density at radius 2 is 1.06 bits per heavy atom. The summed E-state index contributed by atoms with van der Waals surface area (Å²) < 4.78 is 33.8. The van der Waals surface area contributed by atoms with Crippen LogP contribution in [-0.4, -0.2) is 70.0 Å². The molecular weight excluding hydrogens is 665 g/mol. The highest BCUT2D eigenvalue weighted by atomic mass is 31.2. The van der Waals surface area contributed by atoms with Crippen molar-refractivity contribution in [3.63, 3.8) is 0 Å². The summed E-state index contributed by atoms with van der Waals surface area (Å²) in [6.45, 7) is 4.13. The Labute approximate surface area is 312 Å². The van der Waals surface area contributed by atoms with Crippen LogP contribution in [0.15, 0.2) is 36.5 Å². The fourth-order valence-electron chi connectivity index (χ4n) is 5.15. The van der Waals surface area contributed by atoms with Crippen LogP contribution in [0.2, 0.25) is 0 Å². The second-order valence-electron chi connectivity index (χ2n) is 14.6. The Balaban J connectivity index is 4.46. The number of carbonyl (C=O) groups excluding carboxylic acids is 2. The minimum Gasteiger partial charge on any atom is -0.756 e. The smallest absolute Gasteiger partial charge is 0.306 e. The van der Waals surface area contributed by atoms with Gasteiger partial charge in [0.1, 0.15) is 19.8 Å². The van der Waals surface area contributed by atoms with Crippen molar-refractivity contribution in [1.29, 1.82) is 0 Å². The zero-order chi connectivity index (χ0) is 37.9. The van der Waals surface area contributed by atoms with Crippen molar-refractivity contribution >= 4 is 19.8 Å². The van der Waals surface area contributed by atoms with Gasteiger partial charge in [0.15, 0.2) is 6.10 Å². The average Bonchev–Trinajstić information content (AvgIpc) is 3.07. The lowest BCUT2D eigenvalue weighted by Crippen LogP contribution is -2.37. The van der Waals surface area contributed by atoms with Gasteiger partial charge in [0.2, 0.25) is 0 Å². The van der Waals surface area contributed by atoms with E-state index in [-0.39, 0.29) is 26.1 Å². The van der Waals surface area contributed by atoms with E-state index in [4.69, 9.17) is 18.5 Å². The van der Waals surface area contributed by atoms with Gasteiger partial charge in [0, 0.05) is 12.8 Å². The van der Waals surface area contributed by atoms with Gasteiger partial charge in [-0.15, -0.1) is 0 Å². The quantitative estimate of drug-likeness (QED) is 0.0205. The molecule has 0 N–H and O–H groups in total. The molecule has 9 nitrogen and oxygen atoms in total. The Morgan fingerprint density at radius 3 is 1.57 bits per heavy atom. The van der Waals surface area contributed by atoms with E-state index in [0.717, 1.165) is 77.0 Å². The molecule has 0 aliphatic heterocycles. The lowest BCUT2D eigenvalue weighted by molar-refractivity contribution is -0.870. The first-order valence-corrected chi connectivity index (χ1v) is 21.7. The number of ether oxygens (including phenoxy) is 2. The van der Waals surface area contributed by atoms with Gasteiger partial charge in [-0.1, -0.05) is 115 Å². The van der Waals surface area contributed by atoms with Crippen LogP contribution in [-0.2, 0) is 32.7 Å². The number of phosphoric ester groups is 1. The molecule has 0 saturated heterocycles. The standard InChI is InChI=1S/C41H76NO8P/c1-6-8-10-12-14-16-18-20-21-22-24-26-28-30-32-34-41(44)50-39(38-49-51(45,46)48-36-35-42(3,4)5)37-47-40(43)33-31-29-27-25-23-19-17-15-13-11-9-7-2/h14-17,20-21,39H,6-13,18-19,22-38H2,1-5H3/b16-14-,17-15-,21-20-. The predicted octanol–water partition coefficient (Wildman–Crippen LogP) is 10.3. The van der Waals surface area contributed by atoms with Gasteiger partial charge in [-0.3, -0.25) is 14.2 Å². The van der Waals surface area contributed by atoms with Gasteiger partial charge in [0.05, 0.1) is 27.7 Å². The molecule has 0 aromatic heterocycles. The summed E-state index contributed by atoms with van der Waals surface area (Å²) in [5, 5.41) is 0. The van der Waals surface area contributed by atoms with Crippen molar-refractivity contribution in [2.75, 3.05) is 47.5 Å². The van der Waals surface area contributed by atoms with Crippen molar-refractivity contribution in [3.8, 4) is 0 Å². The fourth-order valence-corrected chi connectivity index (χ4v) is 5.88. The summed E-state index contributed by atoms with van der Waals surface area (Å²) in [4.78, 5) is 37.4. The molecule has 2 atom stereocenters. The third-order valence-electron chi connectivity index (χ3n) is 8.38. The maximum atomic E-state index is 12.6. The third kappa shape index (κ3) is 37.8. The summed E-state index contributed by atoms with van der Waals surface area (Å²) in [5.41, 5.74) is 0. The van der Waals surface area contributed by atoms with Crippen molar-refractivity contribution in [1.82, 2.24) is 0 Å². The summed E-state index contributed by atoms with van der Waals surface area (Å²) >= 11 is 0. The SMILES string of the molecule is CCCCC/C=C\C/C=C\CCCCCCCC(=O)OC(COC(=O)CCCCCCC/C=C\CCCCC)COP(=O)([O-])OCC[N+](C)(C)C. The number of phosphoric acid groups is 1. The first-order chi connectivity index (χ1) is 24.5. The summed E-state index contributed by atoms with van der Waals surface area (Å²) in [7, 11) is 1.15. The summed E-state index contributed by atoms with van der Waals surface area (Å²) in [6.07, 6.45) is 35.9. The molecule has 0 spiro atoms. The Bertz CT molecular complexity index is 975. The van der Waals surface area contributed by atoms with E-state index >= 15 is 0 Å². The highest BCUT2D eigenvalue weighted by Gasteiger charge is 2.21. The molecular formula is C41H76NO8P. The van der Waals surface area contributed by atoms with Gasteiger partial charge in [0.25, 0.3) is 7.82 Å². The highest BCUT2D eigenvalue weighted by Crippen LogP contribution is 2.38. The number of nitrogens with zero attached hydrogens (tertiary/aromatic N) is 1. The molecule has 0 amide bonds. The molecule has 10 heteroatoms. The largest absolute Gasteiger partial charge is 0.756 e. The van der Waals surface area contributed by atoms with Gasteiger partial charge in [-0.05, 0) is 70.6 Å². The topological polar surface area (TPSA) is 111 Å². The van der Waals surface area contributed by atoms with Crippen molar-refractivity contribution in [2.24, 2.45) is 0 Å². The number of rotatable bonds is 36. The van der Waals surface area contributed by atoms with Gasteiger partial charge in [-0.25, -0.2) is 0 Å². The van der Waals surface area contributed by atoms with E-state index in [2.05, 4.69) is 50.3 Å². The van der Waals surface area contributed by atoms with E-state index in [0.29, 0.717) is 17.4 Å². The second kappa shape index (κ2) is 34.0. The van der Waals surface area contributed by atoms with E-state index in [9.17, 15) is 19.0 Å². The Kier molecular flexibility index (Phi) is 32.8. The number of esters is 2. The second-order valence-corrected chi connectivity index (χ2v) is 16.1. The van der Waals surface area contributed by atoms with Crippen LogP contribution >= 0.6 is 7.82 Å². The molecule has 0 fully saturated rings. The number of quaternary nitrogens is 1. The molecule has 0 radical (unpaired) electrons. The molecule has 0 aromatic rings. The van der Waals surface area contributed by atoms with E-state index < -0.39 is 32.5 Å². The molecule has 0 rings (SSSR count). The first-order valence-electron chi connectivity index (χ1n) is 20.2. The lowest BCUT2D eigenvalue weighted by Gasteiger charge is -2.28. The van der Waals surface area contributed by atoms with Gasteiger partial charge < -0.3 is 27.9 Å². The van der Waals surface area contributed by atoms with Gasteiger partial charge in [-0.2, -0.15) is 0 Å². The monoisotopic (exact) mass is 742 g/mol. The van der Waals surface area contributed by atoms with E-state index in [1.54, 1.807) is 0 Å². The minimum atomic E-state index is -4.62. The molecule has 0 aromatic carbocycles. The van der Waals surface area contributed by atoms with Crippen LogP contribution in [0.3, 0.4) is 0 Å². The maximum Gasteiger partial charge on any atom is 0.306 e. The van der Waals surface area contributed by atoms with Crippen LogP contribution in [0.25, 0.3) is 0 Å². The molecule has 2 unspecified atom stereocenters. The molecule has 0 saturated carbocycles. The third-order valence-corrected chi connectivity index (χ3v) is 9.35. The number of hydrogen-bond donors (Lipinski definition) is 0. The number of carbonyl (C=O) groups is 2. The van der Waals surface area contributed by atoms with Crippen LogP contribution in [0.4, 0.5) is 0 Å². The Morgan fingerprint density at radius 1 is 0.608 bits per heavy atom. The maximum absolute atomic E-state index is 12.6. The molecule has 0 bridgehead atoms. The van der Waals surface area contributed by atoms with Crippen LogP contribution in [0.5, 0.6) is 0 Å². The molecule has 0 aliphatic carbocycles. The van der Waals surface area contributed by atoms with E-state index in [1.165, 1.54) is 51.4 Å². The van der Waals surface area contributed by atoms with Gasteiger partial charge >= 0.3 is 11.9 Å². The number of hydrogen-bond acceptors (Lipinski definition) is 8. The number of unbranched alkanes of at least 4 members (excludes halogenated alkanes) is 16.